The van der Waals surface area contributed by atoms with Gasteiger partial charge in [-0.05, 0) is 25.9 Å². The van der Waals surface area contributed by atoms with Crippen LogP contribution in [0.2, 0.25) is 0 Å². The monoisotopic (exact) mass is 253 g/mol. The van der Waals surface area contributed by atoms with E-state index in [4.69, 9.17) is 4.74 Å². The molecule has 1 unspecified atom stereocenters. The molecule has 0 spiro atoms. The van der Waals surface area contributed by atoms with E-state index in [1.807, 2.05) is 0 Å². The van der Waals surface area contributed by atoms with Crippen LogP contribution in [-0.2, 0) is 14.6 Å². The van der Waals surface area contributed by atoms with Crippen molar-refractivity contribution >= 4 is 9.84 Å². The summed E-state index contributed by atoms with van der Waals surface area (Å²) in [7, 11) is -1.29. The highest BCUT2D eigenvalue weighted by Crippen LogP contribution is 1.93. The third-order valence-electron chi connectivity index (χ3n) is 2.26. The predicted molar refractivity (Wildman–Crippen MR) is 64.3 cm³/mol. The summed E-state index contributed by atoms with van der Waals surface area (Å²) in [6, 6.07) is 0. The normalized spacial score (nSPS) is 13.9. The van der Waals surface area contributed by atoms with E-state index in [1.165, 1.54) is 0 Å². The van der Waals surface area contributed by atoms with Gasteiger partial charge < -0.3 is 15.2 Å². The molecular weight excluding hydrogens is 230 g/mol. The second kappa shape index (κ2) is 8.92. The molecule has 0 rings (SSSR count). The number of nitrogens with one attached hydrogen (secondary N) is 1. The largest absolute Gasteiger partial charge is 0.391 e. The van der Waals surface area contributed by atoms with Crippen molar-refractivity contribution < 1.29 is 18.3 Å². The summed E-state index contributed by atoms with van der Waals surface area (Å²) in [5.41, 5.74) is 0. The van der Waals surface area contributed by atoms with Gasteiger partial charge in [-0.1, -0.05) is 6.92 Å². The standard InChI is InChI=1S/C10H23NO4S/c1-3-16(13,14)8-4-6-11-7-5-10(12)9-15-2/h10-12H,3-9H2,1-2H3. The van der Waals surface area contributed by atoms with Crippen LogP contribution >= 0.6 is 0 Å². The molecule has 0 bridgehead atoms. The molecule has 0 radical (unpaired) electrons. The van der Waals surface area contributed by atoms with E-state index in [2.05, 4.69) is 5.32 Å². The molecule has 0 amide bonds. The minimum atomic E-state index is -2.84. The van der Waals surface area contributed by atoms with Gasteiger partial charge in [0.05, 0.1) is 18.5 Å². The summed E-state index contributed by atoms with van der Waals surface area (Å²) >= 11 is 0. The number of rotatable bonds is 10. The van der Waals surface area contributed by atoms with Crippen LogP contribution in [0.5, 0.6) is 0 Å². The van der Waals surface area contributed by atoms with Gasteiger partial charge in [0.15, 0.2) is 0 Å². The Hall–Kier alpha value is -0.170. The first kappa shape index (κ1) is 15.8. The maximum Gasteiger partial charge on any atom is 0.150 e. The van der Waals surface area contributed by atoms with Crippen LogP contribution in [-0.4, -0.2) is 57.9 Å². The Labute approximate surface area is 98.1 Å². The second-order valence-electron chi connectivity index (χ2n) is 3.74. The molecule has 0 aliphatic heterocycles. The Bertz CT molecular complexity index is 254. The molecule has 0 aromatic heterocycles. The van der Waals surface area contributed by atoms with Gasteiger partial charge in [0, 0.05) is 12.9 Å². The quantitative estimate of drug-likeness (QED) is 0.527. The molecule has 0 saturated carbocycles. The lowest BCUT2D eigenvalue weighted by Gasteiger charge is -2.09. The summed E-state index contributed by atoms with van der Waals surface area (Å²) in [6.45, 7) is 3.34. The van der Waals surface area contributed by atoms with Crippen LogP contribution in [0.3, 0.4) is 0 Å². The SMILES string of the molecule is CCS(=O)(=O)CCCNCCC(O)COC. The molecule has 0 heterocycles. The van der Waals surface area contributed by atoms with Crippen molar-refractivity contribution in [3.8, 4) is 0 Å². The van der Waals surface area contributed by atoms with E-state index < -0.39 is 15.9 Å². The number of sulfone groups is 1. The fourth-order valence-corrected chi connectivity index (χ4v) is 2.10. The maximum atomic E-state index is 11.1. The van der Waals surface area contributed by atoms with Crippen molar-refractivity contribution in [2.75, 3.05) is 38.3 Å². The smallest absolute Gasteiger partial charge is 0.150 e. The van der Waals surface area contributed by atoms with Crippen LogP contribution in [0.1, 0.15) is 19.8 Å². The van der Waals surface area contributed by atoms with Crippen LogP contribution in [0.25, 0.3) is 0 Å². The number of hydrogen-bond donors (Lipinski definition) is 2. The van der Waals surface area contributed by atoms with Crippen molar-refractivity contribution in [1.29, 1.82) is 0 Å². The average Bonchev–Trinajstić information content (AvgIpc) is 2.23. The van der Waals surface area contributed by atoms with Gasteiger partial charge in [-0.15, -0.1) is 0 Å². The Morgan fingerprint density at radius 3 is 2.62 bits per heavy atom. The van der Waals surface area contributed by atoms with E-state index in [-0.39, 0.29) is 11.5 Å². The Balaban J connectivity index is 3.34. The Morgan fingerprint density at radius 1 is 1.38 bits per heavy atom. The lowest BCUT2D eigenvalue weighted by atomic mass is 10.2. The highest BCUT2D eigenvalue weighted by Gasteiger charge is 2.06. The fourth-order valence-electron chi connectivity index (χ4n) is 1.23. The molecule has 0 aliphatic rings. The van der Waals surface area contributed by atoms with Crippen molar-refractivity contribution in [3.05, 3.63) is 0 Å². The summed E-state index contributed by atoms with van der Waals surface area (Å²) < 4.78 is 27.1. The van der Waals surface area contributed by atoms with Gasteiger partial charge >= 0.3 is 0 Å². The highest BCUT2D eigenvalue weighted by molar-refractivity contribution is 7.91. The molecule has 98 valence electrons. The van der Waals surface area contributed by atoms with Crippen LogP contribution in [0, 0.1) is 0 Å². The first-order chi connectivity index (χ1) is 7.52. The van der Waals surface area contributed by atoms with E-state index in [1.54, 1.807) is 14.0 Å². The molecule has 2 N–H and O–H groups in total. The molecule has 0 aromatic carbocycles. The molecule has 16 heavy (non-hydrogen) atoms. The van der Waals surface area contributed by atoms with E-state index in [0.717, 1.165) is 0 Å². The first-order valence-corrected chi connectivity index (χ1v) is 7.42. The molecule has 0 aromatic rings. The van der Waals surface area contributed by atoms with Crippen molar-refractivity contribution in [1.82, 2.24) is 5.32 Å². The molecule has 0 fully saturated rings. The lowest BCUT2D eigenvalue weighted by Crippen LogP contribution is -2.25. The van der Waals surface area contributed by atoms with Gasteiger partial charge in [-0.25, -0.2) is 8.42 Å². The van der Waals surface area contributed by atoms with Crippen LogP contribution in [0.15, 0.2) is 0 Å². The second-order valence-corrected chi connectivity index (χ2v) is 6.21. The van der Waals surface area contributed by atoms with Crippen molar-refractivity contribution in [2.24, 2.45) is 0 Å². The van der Waals surface area contributed by atoms with Crippen LogP contribution < -0.4 is 5.32 Å². The zero-order valence-electron chi connectivity index (χ0n) is 10.1. The van der Waals surface area contributed by atoms with Crippen LogP contribution in [0.4, 0.5) is 0 Å². The highest BCUT2D eigenvalue weighted by atomic mass is 32.2. The fraction of sp³-hybridized carbons (Fsp3) is 1.00. The number of aliphatic hydroxyl groups excluding tert-OH is 1. The van der Waals surface area contributed by atoms with Gasteiger partial charge in [-0.2, -0.15) is 0 Å². The number of methoxy groups -OCH3 is 1. The van der Waals surface area contributed by atoms with Crippen molar-refractivity contribution in [3.63, 3.8) is 0 Å². The maximum absolute atomic E-state index is 11.1. The number of aliphatic hydroxyl groups is 1. The third kappa shape index (κ3) is 9.08. The van der Waals surface area contributed by atoms with Crippen molar-refractivity contribution in [2.45, 2.75) is 25.9 Å². The number of ether oxygens (including phenoxy) is 1. The number of hydrogen-bond acceptors (Lipinski definition) is 5. The first-order valence-electron chi connectivity index (χ1n) is 5.60. The predicted octanol–water partition coefficient (Wildman–Crippen LogP) is -0.202. The van der Waals surface area contributed by atoms with Gasteiger partial charge in [0.2, 0.25) is 0 Å². The van der Waals surface area contributed by atoms with Gasteiger partial charge in [-0.3, -0.25) is 0 Å². The Kier molecular flexibility index (Phi) is 8.83. The zero-order valence-corrected chi connectivity index (χ0v) is 10.9. The molecular formula is C10H23NO4S. The summed E-state index contributed by atoms with van der Waals surface area (Å²) in [4.78, 5) is 0. The zero-order chi connectivity index (χ0) is 12.4. The minimum absolute atomic E-state index is 0.208. The molecule has 6 heteroatoms. The summed E-state index contributed by atoms with van der Waals surface area (Å²) in [5.74, 6) is 0.441. The topological polar surface area (TPSA) is 75.6 Å². The van der Waals surface area contributed by atoms with E-state index >= 15 is 0 Å². The summed E-state index contributed by atoms with van der Waals surface area (Å²) in [6.07, 6.45) is 0.794. The molecule has 5 nitrogen and oxygen atoms in total. The third-order valence-corrected chi connectivity index (χ3v) is 4.05. The van der Waals surface area contributed by atoms with E-state index in [9.17, 15) is 13.5 Å². The molecule has 0 saturated heterocycles. The average molecular weight is 253 g/mol. The van der Waals surface area contributed by atoms with Gasteiger partial charge in [0.25, 0.3) is 0 Å². The summed E-state index contributed by atoms with van der Waals surface area (Å²) in [5, 5.41) is 12.4. The Morgan fingerprint density at radius 2 is 2.06 bits per heavy atom. The van der Waals surface area contributed by atoms with E-state index in [0.29, 0.717) is 32.5 Å². The molecule has 0 aliphatic carbocycles. The molecule has 1 atom stereocenters. The minimum Gasteiger partial charge on any atom is -0.391 e. The lowest BCUT2D eigenvalue weighted by molar-refractivity contribution is 0.0595. The van der Waals surface area contributed by atoms with Gasteiger partial charge in [0.1, 0.15) is 9.84 Å².